The van der Waals surface area contributed by atoms with Gasteiger partial charge in [0.1, 0.15) is 23.8 Å². The highest BCUT2D eigenvalue weighted by Crippen LogP contribution is 2.29. The Labute approximate surface area is 174 Å². The first kappa shape index (κ1) is 18.8. The molecule has 1 atom stereocenters. The third-order valence-corrected chi connectivity index (χ3v) is 6.14. The average molecular weight is 406 g/mol. The predicted molar refractivity (Wildman–Crippen MR) is 108 cm³/mol. The Hall–Kier alpha value is -3.16. The van der Waals surface area contributed by atoms with Crippen molar-refractivity contribution in [2.45, 2.75) is 38.1 Å². The van der Waals surface area contributed by atoms with E-state index in [-0.39, 0.29) is 23.6 Å². The number of aryl methyl sites for hydroxylation is 1. The van der Waals surface area contributed by atoms with Crippen LogP contribution in [0.15, 0.2) is 42.9 Å². The van der Waals surface area contributed by atoms with Gasteiger partial charge >= 0.3 is 0 Å². The zero-order chi connectivity index (χ0) is 20.5. The second-order valence-electron chi connectivity index (χ2n) is 8.05. The summed E-state index contributed by atoms with van der Waals surface area (Å²) in [5, 5.41) is 8.03. The van der Waals surface area contributed by atoms with E-state index in [1.807, 2.05) is 15.5 Å². The molecule has 0 spiro atoms. The number of aromatic nitrogens is 5. The normalized spacial score (nSPS) is 19.5. The van der Waals surface area contributed by atoms with Crippen LogP contribution in [0.4, 0.5) is 4.39 Å². The number of rotatable bonds is 3. The summed E-state index contributed by atoms with van der Waals surface area (Å²) in [6.45, 7) is 2.09. The maximum atomic E-state index is 13.6. The Morgan fingerprint density at radius 1 is 1.13 bits per heavy atom. The summed E-state index contributed by atoms with van der Waals surface area (Å²) in [5.74, 6) is 1.89. The molecule has 0 aliphatic carbocycles. The van der Waals surface area contributed by atoms with Crippen LogP contribution < -0.4 is 0 Å². The fourth-order valence-corrected chi connectivity index (χ4v) is 4.45. The van der Waals surface area contributed by atoms with Gasteiger partial charge in [-0.15, -0.1) is 10.2 Å². The molecule has 0 bridgehead atoms. The van der Waals surface area contributed by atoms with Crippen LogP contribution in [0, 0.1) is 11.7 Å². The van der Waals surface area contributed by atoms with Gasteiger partial charge in [-0.05, 0) is 37.5 Å². The Kier molecular flexibility index (Phi) is 4.98. The first-order valence-corrected chi connectivity index (χ1v) is 10.4. The van der Waals surface area contributed by atoms with Gasteiger partial charge in [0, 0.05) is 43.7 Å². The minimum Gasteiger partial charge on any atom is -0.342 e. The molecule has 0 radical (unpaired) electrons. The van der Waals surface area contributed by atoms with E-state index in [0.29, 0.717) is 19.6 Å². The van der Waals surface area contributed by atoms with Crippen LogP contribution >= 0.6 is 0 Å². The lowest BCUT2D eigenvalue weighted by Gasteiger charge is -2.34. The SMILES string of the molecule is O=C(C1CCc2nncn2C1)N1CCC(c2nccc(-c3cccc(F)c3)n2)CC1. The summed E-state index contributed by atoms with van der Waals surface area (Å²) in [7, 11) is 0. The number of carbonyl (C=O) groups is 1. The van der Waals surface area contributed by atoms with Gasteiger partial charge in [-0.1, -0.05) is 12.1 Å². The van der Waals surface area contributed by atoms with Gasteiger partial charge < -0.3 is 9.47 Å². The second-order valence-corrected chi connectivity index (χ2v) is 8.05. The van der Waals surface area contributed by atoms with Gasteiger partial charge in [0.15, 0.2) is 0 Å². The van der Waals surface area contributed by atoms with Gasteiger partial charge in [0.05, 0.1) is 11.6 Å². The van der Waals surface area contributed by atoms with Crippen molar-refractivity contribution in [1.82, 2.24) is 29.6 Å². The molecule has 7 nitrogen and oxygen atoms in total. The summed E-state index contributed by atoms with van der Waals surface area (Å²) in [6.07, 6.45) is 6.75. The lowest BCUT2D eigenvalue weighted by molar-refractivity contribution is -0.137. The van der Waals surface area contributed by atoms with E-state index in [4.69, 9.17) is 0 Å². The molecule has 1 unspecified atom stereocenters. The third-order valence-electron chi connectivity index (χ3n) is 6.14. The Bertz CT molecular complexity index is 1060. The van der Waals surface area contributed by atoms with E-state index in [0.717, 1.165) is 48.6 Å². The zero-order valence-corrected chi connectivity index (χ0v) is 16.6. The van der Waals surface area contributed by atoms with Crippen LogP contribution in [0.1, 0.15) is 36.8 Å². The van der Waals surface area contributed by atoms with Crippen molar-refractivity contribution >= 4 is 5.91 Å². The first-order chi connectivity index (χ1) is 14.7. The average Bonchev–Trinajstić information content (AvgIpc) is 3.27. The summed E-state index contributed by atoms with van der Waals surface area (Å²) < 4.78 is 15.5. The number of likely N-dealkylation sites (tertiary alicyclic amines) is 1. The van der Waals surface area contributed by atoms with E-state index < -0.39 is 0 Å². The molecule has 30 heavy (non-hydrogen) atoms. The van der Waals surface area contributed by atoms with Gasteiger partial charge in [-0.25, -0.2) is 14.4 Å². The van der Waals surface area contributed by atoms with E-state index in [2.05, 4.69) is 20.2 Å². The molecule has 1 aromatic carbocycles. The molecular formula is C22H23FN6O. The van der Waals surface area contributed by atoms with E-state index >= 15 is 0 Å². The number of hydrogen-bond acceptors (Lipinski definition) is 5. The number of nitrogens with zero attached hydrogens (tertiary/aromatic N) is 6. The molecular weight excluding hydrogens is 383 g/mol. The summed E-state index contributed by atoms with van der Waals surface area (Å²) in [6, 6.07) is 8.25. The van der Waals surface area contributed by atoms with Gasteiger partial charge in [-0.3, -0.25) is 4.79 Å². The van der Waals surface area contributed by atoms with Crippen molar-refractivity contribution in [2.75, 3.05) is 13.1 Å². The Balaban J connectivity index is 1.23. The maximum absolute atomic E-state index is 13.6. The Morgan fingerprint density at radius 3 is 2.83 bits per heavy atom. The second kappa shape index (κ2) is 7.93. The molecule has 2 aliphatic heterocycles. The minimum absolute atomic E-state index is 0.00222. The monoisotopic (exact) mass is 406 g/mol. The van der Waals surface area contributed by atoms with E-state index in [9.17, 15) is 9.18 Å². The number of amides is 1. The standard InChI is InChI=1S/C22H23FN6O/c23-18-3-1-2-16(12-18)19-6-9-24-21(26-19)15-7-10-28(11-8-15)22(30)17-4-5-20-27-25-14-29(20)13-17/h1-3,6,9,12,14-15,17H,4-5,7-8,10-11,13H2. The van der Waals surface area contributed by atoms with Crippen molar-refractivity contribution in [3.05, 3.63) is 60.3 Å². The molecule has 1 amide bonds. The maximum Gasteiger partial charge on any atom is 0.227 e. The number of halogens is 1. The van der Waals surface area contributed by atoms with Crippen LogP contribution in [0.3, 0.4) is 0 Å². The molecule has 3 aromatic rings. The summed E-state index contributed by atoms with van der Waals surface area (Å²) in [5.41, 5.74) is 1.47. The molecule has 2 aliphatic rings. The number of benzene rings is 1. The van der Waals surface area contributed by atoms with Crippen LogP contribution in [-0.4, -0.2) is 48.6 Å². The number of carbonyl (C=O) groups excluding carboxylic acids is 1. The fraction of sp³-hybridized carbons (Fsp3) is 0.409. The van der Waals surface area contributed by atoms with Crippen LogP contribution in [0.2, 0.25) is 0 Å². The van der Waals surface area contributed by atoms with Crippen molar-refractivity contribution in [1.29, 1.82) is 0 Å². The molecule has 2 aromatic heterocycles. The zero-order valence-electron chi connectivity index (χ0n) is 16.6. The van der Waals surface area contributed by atoms with Crippen molar-refractivity contribution in [3.8, 4) is 11.3 Å². The molecule has 1 fully saturated rings. The quantitative estimate of drug-likeness (QED) is 0.669. The highest BCUT2D eigenvalue weighted by Gasteiger charge is 2.32. The highest BCUT2D eigenvalue weighted by molar-refractivity contribution is 5.79. The lowest BCUT2D eigenvalue weighted by Crippen LogP contribution is -2.43. The fourth-order valence-electron chi connectivity index (χ4n) is 4.45. The molecule has 5 rings (SSSR count). The lowest BCUT2D eigenvalue weighted by atomic mass is 9.92. The molecule has 4 heterocycles. The van der Waals surface area contributed by atoms with Crippen molar-refractivity contribution < 1.29 is 9.18 Å². The topological polar surface area (TPSA) is 76.8 Å². The predicted octanol–water partition coefficient (Wildman–Crippen LogP) is 2.84. The smallest absolute Gasteiger partial charge is 0.227 e. The molecule has 8 heteroatoms. The number of piperidine rings is 1. The summed E-state index contributed by atoms with van der Waals surface area (Å²) >= 11 is 0. The van der Waals surface area contributed by atoms with E-state index in [1.165, 1.54) is 12.1 Å². The van der Waals surface area contributed by atoms with Crippen LogP contribution in [-0.2, 0) is 17.8 Å². The largest absolute Gasteiger partial charge is 0.342 e. The summed E-state index contributed by atoms with van der Waals surface area (Å²) in [4.78, 5) is 24.1. The molecule has 0 saturated carbocycles. The van der Waals surface area contributed by atoms with Crippen LogP contribution in [0.25, 0.3) is 11.3 Å². The highest BCUT2D eigenvalue weighted by atomic mass is 19.1. The van der Waals surface area contributed by atoms with Crippen molar-refractivity contribution in [3.63, 3.8) is 0 Å². The third kappa shape index (κ3) is 3.69. The minimum atomic E-state index is -0.277. The van der Waals surface area contributed by atoms with Gasteiger partial charge in [-0.2, -0.15) is 0 Å². The first-order valence-electron chi connectivity index (χ1n) is 10.4. The van der Waals surface area contributed by atoms with Crippen LogP contribution in [0.5, 0.6) is 0 Å². The van der Waals surface area contributed by atoms with Crippen molar-refractivity contribution in [2.24, 2.45) is 5.92 Å². The number of hydrogen-bond donors (Lipinski definition) is 0. The number of fused-ring (bicyclic) bond motifs is 1. The molecule has 154 valence electrons. The van der Waals surface area contributed by atoms with E-state index in [1.54, 1.807) is 24.7 Å². The molecule has 0 N–H and O–H groups in total. The Morgan fingerprint density at radius 2 is 2.00 bits per heavy atom. The van der Waals surface area contributed by atoms with Gasteiger partial charge in [0.2, 0.25) is 5.91 Å². The molecule has 1 saturated heterocycles. The van der Waals surface area contributed by atoms with Gasteiger partial charge in [0.25, 0.3) is 0 Å².